The van der Waals surface area contributed by atoms with E-state index in [9.17, 15) is 0 Å². The molecule has 98 valence electrons. The number of ether oxygens (including phenoxy) is 1. The summed E-state index contributed by atoms with van der Waals surface area (Å²) in [7, 11) is 1.79. The molecular weight excluding hydrogens is 200 g/mol. The number of nitrogens with zero attached hydrogens (tertiary/aromatic N) is 1. The molecule has 2 atom stereocenters. The number of likely N-dealkylation sites (N-methyl/N-ethyl adjacent to an activating group) is 2. The zero-order valence-electron chi connectivity index (χ0n) is 11.8. The van der Waals surface area contributed by atoms with Crippen LogP contribution in [0.2, 0.25) is 0 Å². The molecule has 0 aromatic carbocycles. The second-order valence-electron chi connectivity index (χ2n) is 4.52. The Morgan fingerprint density at radius 3 is 2.38 bits per heavy atom. The molecule has 3 heteroatoms. The molecule has 0 aromatic rings. The van der Waals surface area contributed by atoms with Crippen LogP contribution in [0.25, 0.3) is 0 Å². The zero-order chi connectivity index (χ0) is 12.4. The van der Waals surface area contributed by atoms with Gasteiger partial charge in [-0.25, -0.2) is 0 Å². The van der Waals surface area contributed by atoms with Crippen LogP contribution in [0.4, 0.5) is 0 Å². The maximum Gasteiger partial charge on any atom is 0.0630 e. The highest BCUT2D eigenvalue weighted by molar-refractivity contribution is 4.74. The van der Waals surface area contributed by atoms with Gasteiger partial charge in [-0.2, -0.15) is 0 Å². The van der Waals surface area contributed by atoms with Crippen molar-refractivity contribution in [1.82, 2.24) is 10.2 Å². The summed E-state index contributed by atoms with van der Waals surface area (Å²) in [5.41, 5.74) is 0. The summed E-state index contributed by atoms with van der Waals surface area (Å²) in [5.74, 6) is 0.765. The summed E-state index contributed by atoms with van der Waals surface area (Å²) in [6.07, 6.45) is 1.25. The topological polar surface area (TPSA) is 24.5 Å². The molecule has 0 heterocycles. The van der Waals surface area contributed by atoms with Gasteiger partial charge in [-0.05, 0) is 19.0 Å². The Kier molecular flexibility index (Phi) is 9.99. The minimum absolute atomic E-state index is 0.504. The van der Waals surface area contributed by atoms with Crippen LogP contribution in [0.1, 0.15) is 34.1 Å². The average Bonchev–Trinajstić information content (AvgIpc) is 2.31. The maximum absolute atomic E-state index is 5.32. The predicted octanol–water partition coefficient (Wildman–Crippen LogP) is 1.98. The molecule has 3 nitrogen and oxygen atoms in total. The molecule has 0 aliphatic rings. The fourth-order valence-corrected chi connectivity index (χ4v) is 1.86. The van der Waals surface area contributed by atoms with E-state index in [4.69, 9.17) is 4.74 Å². The Morgan fingerprint density at radius 1 is 1.25 bits per heavy atom. The first-order valence-electron chi connectivity index (χ1n) is 6.63. The van der Waals surface area contributed by atoms with Crippen molar-refractivity contribution in [2.24, 2.45) is 5.92 Å². The third-order valence-corrected chi connectivity index (χ3v) is 3.15. The summed E-state index contributed by atoms with van der Waals surface area (Å²) in [5, 5.41) is 3.42. The fraction of sp³-hybridized carbons (Fsp3) is 1.00. The van der Waals surface area contributed by atoms with Crippen molar-refractivity contribution in [1.29, 1.82) is 0 Å². The molecule has 0 saturated heterocycles. The van der Waals surface area contributed by atoms with Crippen LogP contribution in [0.15, 0.2) is 0 Å². The van der Waals surface area contributed by atoms with E-state index in [0.717, 1.165) is 32.2 Å². The van der Waals surface area contributed by atoms with Crippen molar-refractivity contribution in [3.63, 3.8) is 0 Å². The first-order valence-corrected chi connectivity index (χ1v) is 6.63. The lowest BCUT2D eigenvalue weighted by atomic mass is 10.1. The minimum Gasteiger partial charge on any atom is -0.383 e. The fourth-order valence-electron chi connectivity index (χ4n) is 1.86. The first kappa shape index (κ1) is 15.9. The van der Waals surface area contributed by atoms with Crippen molar-refractivity contribution >= 4 is 0 Å². The quantitative estimate of drug-likeness (QED) is 0.621. The lowest BCUT2D eigenvalue weighted by molar-refractivity contribution is 0.0832. The molecule has 0 aliphatic heterocycles. The van der Waals surface area contributed by atoms with Gasteiger partial charge in [0.15, 0.2) is 0 Å². The second-order valence-corrected chi connectivity index (χ2v) is 4.52. The summed E-state index contributed by atoms with van der Waals surface area (Å²) < 4.78 is 5.32. The average molecular weight is 230 g/mol. The lowest BCUT2D eigenvalue weighted by Crippen LogP contribution is -2.46. The Balaban J connectivity index is 4.20. The molecule has 1 N–H and O–H groups in total. The Hall–Kier alpha value is -0.120. The SMILES string of the molecule is CCNCC(COC)N(CC)CC(C)CC. The first-order chi connectivity index (χ1) is 7.69. The molecular formula is C13H30N2O. The number of methoxy groups -OCH3 is 1. The summed E-state index contributed by atoms with van der Waals surface area (Å²) in [4.78, 5) is 2.53. The maximum atomic E-state index is 5.32. The summed E-state index contributed by atoms with van der Waals surface area (Å²) in [6, 6.07) is 0.504. The van der Waals surface area contributed by atoms with Crippen LogP contribution in [-0.4, -0.2) is 50.8 Å². The van der Waals surface area contributed by atoms with E-state index >= 15 is 0 Å². The predicted molar refractivity (Wildman–Crippen MR) is 70.9 cm³/mol. The van der Waals surface area contributed by atoms with Crippen molar-refractivity contribution in [2.45, 2.75) is 40.2 Å². The third kappa shape index (κ3) is 6.46. The Bertz CT molecular complexity index is 153. The number of hydrogen-bond acceptors (Lipinski definition) is 3. The van der Waals surface area contributed by atoms with Crippen LogP contribution in [0, 0.1) is 5.92 Å². The van der Waals surface area contributed by atoms with E-state index in [2.05, 4.69) is 37.9 Å². The molecule has 0 saturated carbocycles. The largest absolute Gasteiger partial charge is 0.383 e. The standard InChI is InChI=1S/C13H30N2O/c1-6-12(4)10-15(8-3)13(11-16-5)9-14-7-2/h12-14H,6-11H2,1-5H3. The molecule has 0 spiro atoms. The van der Waals surface area contributed by atoms with E-state index in [1.807, 2.05) is 0 Å². The number of nitrogens with one attached hydrogen (secondary N) is 1. The normalized spacial score (nSPS) is 15.4. The molecule has 0 radical (unpaired) electrons. The molecule has 0 aliphatic carbocycles. The van der Waals surface area contributed by atoms with Crippen LogP contribution in [-0.2, 0) is 4.74 Å². The highest BCUT2D eigenvalue weighted by atomic mass is 16.5. The summed E-state index contributed by atoms with van der Waals surface area (Å²) >= 11 is 0. The number of hydrogen-bond donors (Lipinski definition) is 1. The highest BCUT2D eigenvalue weighted by Crippen LogP contribution is 2.08. The van der Waals surface area contributed by atoms with Gasteiger partial charge in [-0.15, -0.1) is 0 Å². The van der Waals surface area contributed by atoms with Gasteiger partial charge in [0.05, 0.1) is 6.61 Å². The van der Waals surface area contributed by atoms with E-state index < -0.39 is 0 Å². The van der Waals surface area contributed by atoms with Gasteiger partial charge in [0, 0.05) is 26.2 Å². The highest BCUT2D eigenvalue weighted by Gasteiger charge is 2.17. The van der Waals surface area contributed by atoms with E-state index in [1.54, 1.807) is 7.11 Å². The monoisotopic (exact) mass is 230 g/mol. The molecule has 16 heavy (non-hydrogen) atoms. The molecule has 0 rings (SSSR count). The van der Waals surface area contributed by atoms with E-state index in [-0.39, 0.29) is 0 Å². The number of rotatable bonds is 10. The van der Waals surface area contributed by atoms with E-state index in [1.165, 1.54) is 13.0 Å². The summed E-state index contributed by atoms with van der Waals surface area (Å²) in [6.45, 7) is 14.1. The Labute approximate surface area is 102 Å². The Morgan fingerprint density at radius 2 is 1.94 bits per heavy atom. The molecule has 0 amide bonds. The van der Waals surface area contributed by atoms with Gasteiger partial charge in [0.2, 0.25) is 0 Å². The van der Waals surface area contributed by atoms with E-state index in [0.29, 0.717) is 6.04 Å². The van der Waals surface area contributed by atoms with Gasteiger partial charge < -0.3 is 10.1 Å². The van der Waals surface area contributed by atoms with Crippen LogP contribution in [0.3, 0.4) is 0 Å². The van der Waals surface area contributed by atoms with Gasteiger partial charge in [0.25, 0.3) is 0 Å². The molecule has 0 bridgehead atoms. The van der Waals surface area contributed by atoms with Crippen molar-refractivity contribution in [3.8, 4) is 0 Å². The van der Waals surface area contributed by atoms with Crippen molar-refractivity contribution in [3.05, 3.63) is 0 Å². The smallest absolute Gasteiger partial charge is 0.0630 e. The van der Waals surface area contributed by atoms with Gasteiger partial charge in [-0.3, -0.25) is 4.90 Å². The van der Waals surface area contributed by atoms with Gasteiger partial charge in [0.1, 0.15) is 0 Å². The van der Waals surface area contributed by atoms with Gasteiger partial charge >= 0.3 is 0 Å². The van der Waals surface area contributed by atoms with Crippen LogP contribution < -0.4 is 5.32 Å². The van der Waals surface area contributed by atoms with Gasteiger partial charge in [-0.1, -0.05) is 34.1 Å². The van der Waals surface area contributed by atoms with Crippen LogP contribution >= 0.6 is 0 Å². The molecule has 0 fully saturated rings. The van der Waals surface area contributed by atoms with Crippen molar-refractivity contribution in [2.75, 3.05) is 39.9 Å². The zero-order valence-corrected chi connectivity index (χ0v) is 11.8. The molecule has 0 aromatic heterocycles. The van der Waals surface area contributed by atoms with Crippen molar-refractivity contribution < 1.29 is 4.74 Å². The third-order valence-electron chi connectivity index (χ3n) is 3.15. The van der Waals surface area contributed by atoms with Crippen LogP contribution in [0.5, 0.6) is 0 Å². The molecule has 2 unspecified atom stereocenters. The minimum atomic E-state index is 0.504. The lowest BCUT2D eigenvalue weighted by Gasteiger charge is -2.32. The second kappa shape index (κ2) is 10.1.